The van der Waals surface area contributed by atoms with Gasteiger partial charge in [-0.1, -0.05) is 17.7 Å². The maximum atomic E-state index is 10.5. The van der Waals surface area contributed by atoms with Crippen molar-refractivity contribution in [2.24, 2.45) is 0 Å². The van der Waals surface area contributed by atoms with Crippen LogP contribution in [0.5, 0.6) is 0 Å². The molecule has 0 spiro atoms. The number of nitrogens with zero attached hydrogens (tertiary/aromatic N) is 1. The van der Waals surface area contributed by atoms with Crippen molar-refractivity contribution in [1.29, 1.82) is 0 Å². The van der Waals surface area contributed by atoms with Crippen LogP contribution in [0.1, 0.15) is 5.56 Å². The molecule has 16 heavy (non-hydrogen) atoms. The van der Waals surface area contributed by atoms with Gasteiger partial charge in [-0.05, 0) is 12.0 Å². The molecule has 1 aromatic rings. The van der Waals surface area contributed by atoms with Gasteiger partial charge in [0.1, 0.15) is 0 Å². The monoisotopic (exact) mass is 245 g/mol. The summed E-state index contributed by atoms with van der Waals surface area (Å²) in [4.78, 5) is 9.97. The van der Waals surface area contributed by atoms with E-state index in [4.69, 9.17) is 21.4 Å². The van der Waals surface area contributed by atoms with E-state index in [-0.39, 0.29) is 18.9 Å². The summed E-state index contributed by atoms with van der Waals surface area (Å²) in [6, 6.07) is 4.35. The standard InChI is InChI=1S/C10H12ClNO4/c11-10-7-9(12(14)15)2-1-8(10)3-5-16-6-4-13/h1-2,7,13H,3-6H2. The van der Waals surface area contributed by atoms with E-state index in [1.54, 1.807) is 6.07 Å². The Labute approximate surface area is 97.8 Å². The molecule has 88 valence electrons. The second-order valence-electron chi connectivity index (χ2n) is 3.12. The fraction of sp³-hybridized carbons (Fsp3) is 0.400. The molecule has 0 heterocycles. The molecular weight excluding hydrogens is 234 g/mol. The number of hydrogen-bond donors (Lipinski definition) is 1. The van der Waals surface area contributed by atoms with E-state index in [9.17, 15) is 10.1 Å². The van der Waals surface area contributed by atoms with Gasteiger partial charge < -0.3 is 9.84 Å². The highest BCUT2D eigenvalue weighted by molar-refractivity contribution is 6.31. The molecule has 0 amide bonds. The number of non-ortho nitro benzene ring substituents is 1. The first-order valence-electron chi connectivity index (χ1n) is 4.76. The van der Waals surface area contributed by atoms with E-state index in [1.807, 2.05) is 0 Å². The average Bonchev–Trinajstić information content (AvgIpc) is 2.26. The molecular formula is C10H12ClNO4. The van der Waals surface area contributed by atoms with Crippen LogP contribution in [0.15, 0.2) is 18.2 Å². The lowest BCUT2D eigenvalue weighted by Crippen LogP contribution is -2.03. The zero-order chi connectivity index (χ0) is 12.0. The summed E-state index contributed by atoms with van der Waals surface area (Å²) < 4.78 is 5.08. The van der Waals surface area contributed by atoms with Crippen molar-refractivity contribution < 1.29 is 14.8 Å². The molecule has 5 nitrogen and oxygen atoms in total. The fourth-order valence-electron chi connectivity index (χ4n) is 1.20. The number of ether oxygens (including phenoxy) is 1. The van der Waals surface area contributed by atoms with Crippen molar-refractivity contribution in [1.82, 2.24) is 0 Å². The molecule has 0 bridgehead atoms. The number of nitro groups is 1. The molecule has 0 fully saturated rings. The fourth-order valence-corrected chi connectivity index (χ4v) is 1.47. The summed E-state index contributed by atoms with van der Waals surface area (Å²) in [5, 5.41) is 19.3. The van der Waals surface area contributed by atoms with Crippen LogP contribution in [-0.2, 0) is 11.2 Å². The quantitative estimate of drug-likeness (QED) is 0.471. The number of nitro benzene ring substituents is 1. The number of benzene rings is 1. The van der Waals surface area contributed by atoms with E-state index < -0.39 is 4.92 Å². The van der Waals surface area contributed by atoms with Crippen LogP contribution in [-0.4, -0.2) is 29.9 Å². The molecule has 1 N–H and O–H groups in total. The molecule has 0 saturated carbocycles. The molecule has 1 aromatic carbocycles. The van der Waals surface area contributed by atoms with Crippen molar-refractivity contribution in [3.63, 3.8) is 0 Å². The van der Waals surface area contributed by atoms with Gasteiger partial charge in [0.15, 0.2) is 0 Å². The van der Waals surface area contributed by atoms with Gasteiger partial charge in [-0.3, -0.25) is 10.1 Å². The lowest BCUT2D eigenvalue weighted by molar-refractivity contribution is -0.384. The zero-order valence-electron chi connectivity index (χ0n) is 8.56. The first-order chi connectivity index (χ1) is 7.65. The summed E-state index contributed by atoms with van der Waals surface area (Å²) in [6.07, 6.45) is 0.566. The SMILES string of the molecule is O=[N+]([O-])c1ccc(CCOCCO)c(Cl)c1. The van der Waals surface area contributed by atoms with Crippen molar-refractivity contribution in [3.8, 4) is 0 Å². The third-order valence-electron chi connectivity index (χ3n) is 2.00. The van der Waals surface area contributed by atoms with Crippen LogP contribution in [0.4, 0.5) is 5.69 Å². The van der Waals surface area contributed by atoms with Crippen molar-refractivity contribution in [3.05, 3.63) is 38.9 Å². The van der Waals surface area contributed by atoms with E-state index >= 15 is 0 Å². The van der Waals surface area contributed by atoms with Gasteiger partial charge in [-0.15, -0.1) is 0 Å². The van der Waals surface area contributed by atoms with Gasteiger partial charge in [0.25, 0.3) is 5.69 Å². The molecule has 0 atom stereocenters. The lowest BCUT2D eigenvalue weighted by atomic mass is 10.1. The van der Waals surface area contributed by atoms with Gasteiger partial charge in [-0.25, -0.2) is 0 Å². The Morgan fingerprint density at radius 3 is 2.75 bits per heavy atom. The number of rotatable bonds is 6. The Morgan fingerprint density at radius 1 is 1.44 bits per heavy atom. The Kier molecular flexibility index (Phi) is 5.18. The van der Waals surface area contributed by atoms with Gasteiger partial charge in [0, 0.05) is 12.1 Å². The number of halogens is 1. The topological polar surface area (TPSA) is 72.6 Å². The Balaban J connectivity index is 2.57. The van der Waals surface area contributed by atoms with Crippen molar-refractivity contribution >= 4 is 17.3 Å². The first kappa shape index (κ1) is 12.9. The second kappa shape index (κ2) is 6.42. The molecule has 1 rings (SSSR count). The van der Waals surface area contributed by atoms with Crippen LogP contribution in [0.2, 0.25) is 5.02 Å². The van der Waals surface area contributed by atoms with Crippen LogP contribution in [0.25, 0.3) is 0 Å². The summed E-state index contributed by atoms with van der Waals surface area (Å²) >= 11 is 5.88. The molecule has 0 unspecified atom stereocenters. The average molecular weight is 246 g/mol. The van der Waals surface area contributed by atoms with Crippen LogP contribution in [0, 0.1) is 10.1 Å². The predicted octanol–water partition coefficient (Wildman–Crippen LogP) is 1.80. The molecule has 0 radical (unpaired) electrons. The van der Waals surface area contributed by atoms with Gasteiger partial charge in [0.2, 0.25) is 0 Å². The molecule has 0 aliphatic rings. The Morgan fingerprint density at radius 2 is 2.19 bits per heavy atom. The highest BCUT2D eigenvalue weighted by Gasteiger charge is 2.08. The predicted molar refractivity (Wildman–Crippen MR) is 59.7 cm³/mol. The lowest BCUT2D eigenvalue weighted by Gasteiger charge is -2.04. The number of hydrogen-bond acceptors (Lipinski definition) is 4. The maximum absolute atomic E-state index is 10.5. The zero-order valence-corrected chi connectivity index (χ0v) is 9.31. The van der Waals surface area contributed by atoms with Crippen LogP contribution < -0.4 is 0 Å². The van der Waals surface area contributed by atoms with E-state index in [0.29, 0.717) is 18.1 Å². The number of aliphatic hydroxyl groups is 1. The Bertz CT molecular complexity index is 370. The molecule has 0 aliphatic carbocycles. The number of aliphatic hydroxyl groups excluding tert-OH is 1. The summed E-state index contributed by atoms with van der Waals surface area (Å²) in [7, 11) is 0. The Hall–Kier alpha value is -1.17. The normalized spacial score (nSPS) is 10.4. The minimum atomic E-state index is -0.488. The van der Waals surface area contributed by atoms with Crippen molar-refractivity contribution in [2.45, 2.75) is 6.42 Å². The maximum Gasteiger partial charge on any atom is 0.270 e. The third kappa shape index (κ3) is 3.77. The third-order valence-corrected chi connectivity index (χ3v) is 2.35. The van der Waals surface area contributed by atoms with Crippen molar-refractivity contribution in [2.75, 3.05) is 19.8 Å². The summed E-state index contributed by atoms with van der Waals surface area (Å²) in [5.74, 6) is 0. The first-order valence-corrected chi connectivity index (χ1v) is 5.14. The smallest absolute Gasteiger partial charge is 0.270 e. The highest BCUT2D eigenvalue weighted by Crippen LogP contribution is 2.22. The summed E-state index contributed by atoms with van der Waals surface area (Å²) in [6.45, 7) is 0.691. The summed E-state index contributed by atoms with van der Waals surface area (Å²) in [5.41, 5.74) is 0.773. The van der Waals surface area contributed by atoms with E-state index in [1.165, 1.54) is 12.1 Å². The molecule has 0 aliphatic heterocycles. The van der Waals surface area contributed by atoms with E-state index in [2.05, 4.69) is 0 Å². The van der Waals surface area contributed by atoms with Crippen LogP contribution in [0.3, 0.4) is 0 Å². The van der Waals surface area contributed by atoms with Gasteiger partial charge in [0.05, 0.1) is 29.8 Å². The van der Waals surface area contributed by atoms with Crippen LogP contribution >= 0.6 is 11.6 Å². The minimum absolute atomic E-state index is 0.0198. The largest absolute Gasteiger partial charge is 0.394 e. The van der Waals surface area contributed by atoms with Gasteiger partial charge >= 0.3 is 0 Å². The minimum Gasteiger partial charge on any atom is -0.394 e. The molecule has 6 heteroatoms. The molecule has 0 saturated heterocycles. The van der Waals surface area contributed by atoms with E-state index in [0.717, 1.165) is 5.56 Å². The molecule has 0 aromatic heterocycles. The van der Waals surface area contributed by atoms with Gasteiger partial charge in [-0.2, -0.15) is 0 Å². The highest BCUT2D eigenvalue weighted by atomic mass is 35.5. The second-order valence-corrected chi connectivity index (χ2v) is 3.53.